The Morgan fingerprint density at radius 3 is 2.86 bits per heavy atom. The van der Waals surface area contributed by atoms with Gasteiger partial charge in [0, 0.05) is 17.2 Å². The largest absolute Gasteiger partial charge is 0.469 e. The van der Waals surface area contributed by atoms with Crippen LogP contribution in [0, 0.1) is 18.3 Å². The van der Waals surface area contributed by atoms with Crippen molar-refractivity contribution < 1.29 is 18.9 Å². The highest BCUT2D eigenvalue weighted by molar-refractivity contribution is 7.46. The number of hydrogen-bond donors (Lipinski definition) is 3. The Labute approximate surface area is 119 Å². The molecule has 0 aliphatic heterocycles. The van der Waals surface area contributed by atoms with Gasteiger partial charge in [-0.1, -0.05) is 12.2 Å². The number of nitrogens with one attached hydrogen (secondary N) is 1. The first-order chi connectivity index (χ1) is 9.72. The third-order valence-corrected chi connectivity index (χ3v) is 4.65. The van der Waals surface area contributed by atoms with Crippen molar-refractivity contribution in [2.45, 2.75) is 19.4 Å². The molecule has 1 saturated carbocycles. The summed E-state index contributed by atoms with van der Waals surface area (Å²) < 4.78 is 16.8. The van der Waals surface area contributed by atoms with Crippen LogP contribution in [0.2, 0.25) is 0 Å². The molecule has 3 rings (SSSR count). The second-order valence-corrected chi connectivity index (χ2v) is 6.88. The second-order valence-electron chi connectivity index (χ2n) is 5.64. The molecule has 1 aromatic rings. The monoisotopic (exact) mass is 314 g/mol. The van der Waals surface area contributed by atoms with E-state index in [1.54, 1.807) is 6.92 Å². The summed E-state index contributed by atoms with van der Waals surface area (Å²) in [6.07, 6.45) is 5.86. The maximum atomic E-state index is 11.9. The molecule has 3 atom stereocenters. The molecule has 114 valence electrons. The molecule has 1 fully saturated rings. The van der Waals surface area contributed by atoms with E-state index in [2.05, 4.69) is 9.51 Å². The molecule has 0 saturated heterocycles. The van der Waals surface area contributed by atoms with Crippen LogP contribution in [0.1, 0.15) is 18.0 Å². The lowest BCUT2D eigenvalue weighted by molar-refractivity contribution is 0.169. The van der Waals surface area contributed by atoms with Crippen LogP contribution in [-0.2, 0) is 9.09 Å². The summed E-state index contributed by atoms with van der Waals surface area (Å²) in [7, 11) is -4.50. The molecule has 0 amide bonds. The van der Waals surface area contributed by atoms with Gasteiger partial charge in [0.15, 0.2) is 0 Å². The summed E-state index contributed by atoms with van der Waals surface area (Å²) in [5.74, 6) is 0.0482. The van der Waals surface area contributed by atoms with Crippen LogP contribution in [0.25, 0.3) is 0 Å². The summed E-state index contributed by atoms with van der Waals surface area (Å²) in [4.78, 5) is 43.1. The normalized spacial score (nSPS) is 30.4. The van der Waals surface area contributed by atoms with Crippen LogP contribution >= 0.6 is 7.82 Å². The zero-order valence-electron chi connectivity index (χ0n) is 11.2. The van der Waals surface area contributed by atoms with Crippen LogP contribution in [-0.4, -0.2) is 25.9 Å². The fraction of sp³-hybridized carbons (Fsp3) is 0.500. The fourth-order valence-electron chi connectivity index (χ4n) is 2.94. The quantitative estimate of drug-likeness (QED) is 0.534. The molecular weight excluding hydrogens is 299 g/mol. The number of aromatic nitrogens is 2. The number of aryl methyl sites for hydroxylation is 1. The van der Waals surface area contributed by atoms with Crippen molar-refractivity contribution >= 4 is 7.82 Å². The van der Waals surface area contributed by atoms with Gasteiger partial charge in [-0.3, -0.25) is 18.9 Å². The van der Waals surface area contributed by atoms with Gasteiger partial charge in [0.2, 0.25) is 0 Å². The highest BCUT2D eigenvalue weighted by Gasteiger charge is 2.60. The van der Waals surface area contributed by atoms with Crippen molar-refractivity contribution in [2.75, 3.05) is 6.61 Å². The number of H-pyrrole nitrogens is 1. The average molecular weight is 314 g/mol. The van der Waals surface area contributed by atoms with E-state index in [0.717, 1.165) is 0 Å². The Morgan fingerprint density at radius 2 is 2.24 bits per heavy atom. The average Bonchev–Trinajstić information content (AvgIpc) is 2.99. The van der Waals surface area contributed by atoms with Crippen molar-refractivity contribution in [1.29, 1.82) is 0 Å². The van der Waals surface area contributed by atoms with Crippen LogP contribution in [0.5, 0.6) is 0 Å². The van der Waals surface area contributed by atoms with Crippen LogP contribution in [0.3, 0.4) is 0 Å². The smallest absolute Gasteiger partial charge is 0.303 e. The first-order valence-corrected chi connectivity index (χ1v) is 7.96. The summed E-state index contributed by atoms with van der Waals surface area (Å²) in [6.45, 7) is 1.54. The summed E-state index contributed by atoms with van der Waals surface area (Å²) in [5.41, 5.74) is -0.883. The van der Waals surface area contributed by atoms with Gasteiger partial charge in [0.05, 0.1) is 12.6 Å². The molecule has 0 radical (unpaired) electrons. The van der Waals surface area contributed by atoms with Crippen molar-refractivity contribution in [2.24, 2.45) is 11.3 Å². The van der Waals surface area contributed by atoms with Crippen LogP contribution in [0.15, 0.2) is 27.9 Å². The van der Waals surface area contributed by atoms with E-state index in [9.17, 15) is 14.2 Å². The topological polar surface area (TPSA) is 122 Å². The molecule has 0 aromatic carbocycles. The second kappa shape index (κ2) is 4.51. The Kier molecular flexibility index (Phi) is 3.11. The van der Waals surface area contributed by atoms with Crippen LogP contribution < -0.4 is 11.2 Å². The van der Waals surface area contributed by atoms with Gasteiger partial charge >= 0.3 is 13.5 Å². The van der Waals surface area contributed by atoms with Crippen molar-refractivity contribution in [3.8, 4) is 0 Å². The molecule has 0 bridgehead atoms. The van der Waals surface area contributed by atoms with Gasteiger partial charge in [-0.2, -0.15) is 0 Å². The molecular formula is C12H15N2O6P. The molecule has 1 heterocycles. The predicted octanol–water partition coefficient (Wildman–Crippen LogP) is 0.0715. The zero-order chi connectivity index (χ0) is 15.4. The summed E-state index contributed by atoms with van der Waals surface area (Å²) in [5, 5.41) is 0. The lowest BCUT2D eigenvalue weighted by Crippen LogP contribution is -2.33. The Balaban J connectivity index is 1.82. The molecule has 1 aromatic heterocycles. The van der Waals surface area contributed by atoms with E-state index in [1.807, 2.05) is 12.2 Å². The minimum atomic E-state index is -4.50. The van der Waals surface area contributed by atoms with E-state index in [0.29, 0.717) is 12.0 Å². The van der Waals surface area contributed by atoms with Gasteiger partial charge in [-0.25, -0.2) is 9.36 Å². The maximum absolute atomic E-state index is 11.9. The molecule has 21 heavy (non-hydrogen) atoms. The van der Waals surface area contributed by atoms with Crippen molar-refractivity contribution in [1.82, 2.24) is 9.55 Å². The minimum absolute atomic E-state index is 0.0482. The lowest BCUT2D eigenvalue weighted by atomic mass is 10.1. The van der Waals surface area contributed by atoms with Gasteiger partial charge in [0.25, 0.3) is 5.56 Å². The number of phosphoric acid groups is 1. The van der Waals surface area contributed by atoms with Crippen molar-refractivity contribution in [3.63, 3.8) is 0 Å². The number of fused-ring (bicyclic) bond motifs is 1. The SMILES string of the molecule is Cc1cn([C@H]2C=C[C@]3(COP(=O)(O)O)C[C@H]23)c(=O)[nH]c1=O. The maximum Gasteiger partial charge on any atom is 0.469 e. The Morgan fingerprint density at radius 1 is 1.52 bits per heavy atom. The summed E-state index contributed by atoms with van der Waals surface area (Å²) in [6, 6.07) is -0.228. The molecule has 2 aliphatic carbocycles. The van der Waals surface area contributed by atoms with E-state index in [1.165, 1.54) is 10.8 Å². The number of phosphoric ester groups is 1. The molecule has 0 unspecified atom stereocenters. The molecule has 9 heteroatoms. The van der Waals surface area contributed by atoms with E-state index < -0.39 is 24.5 Å². The highest BCUT2D eigenvalue weighted by atomic mass is 31.2. The zero-order valence-corrected chi connectivity index (χ0v) is 12.1. The van der Waals surface area contributed by atoms with Gasteiger partial charge in [0.1, 0.15) is 0 Å². The van der Waals surface area contributed by atoms with E-state index in [-0.39, 0.29) is 18.6 Å². The Hall–Kier alpha value is -1.47. The third kappa shape index (κ3) is 2.55. The molecule has 0 spiro atoms. The number of rotatable bonds is 4. The van der Waals surface area contributed by atoms with Gasteiger partial charge in [-0.15, -0.1) is 0 Å². The molecule has 8 nitrogen and oxygen atoms in total. The predicted molar refractivity (Wildman–Crippen MR) is 72.8 cm³/mol. The number of aromatic amines is 1. The van der Waals surface area contributed by atoms with E-state index >= 15 is 0 Å². The van der Waals surface area contributed by atoms with E-state index in [4.69, 9.17) is 9.79 Å². The number of nitrogens with zero attached hydrogens (tertiary/aromatic N) is 1. The Bertz CT molecular complexity index is 775. The van der Waals surface area contributed by atoms with Gasteiger partial charge in [-0.05, 0) is 19.3 Å². The number of allylic oxidation sites excluding steroid dienone is 1. The highest BCUT2D eigenvalue weighted by Crippen LogP contribution is 2.64. The first-order valence-electron chi connectivity index (χ1n) is 6.43. The lowest BCUT2D eigenvalue weighted by Gasteiger charge is -2.14. The minimum Gasteiger partial charge on any atom is -0.303 e. The van der Waals surface area contributed by atoms with Gasteiger partial charge < -0.3 is 9.79 Å². The standard InChI is InChI=1S/C12H15N2O6P/c1-7-5-14(11(16)13-10(7)15)9-2-3-12(4-8(9)12)6-20-21(17,18)19/h2-3,5,8-9H,4,6H2,1H3,(H,13,15,16)(H2,17,18,19)/t8-,9+,12-/m1/s1. The number of hydrogen-bond acceptors (Lipinski definition) is 4. The molecule has 3 N–H and O–H groups in total. The fourth-order valence-corrected chi connectivity index (χ4v) is 3.35. The third-order valence-electron chi connectivity index (χ3n) is 4.18. The van der Waals surface area contributed by atoms with Crippen LogP contribution in [0.4, 0.5) is 0 Å². The summed E-state index contributed by atoms with van der Waals surface area (Å²) >= 11 is 0. The molecule has 2 aliphatic rings. The first kappa shape index (κ1) is 14.5. The van der Waals surface area contributed by atoms with Crippen molar-refractivity contribution in [3.05, 3.63) is 44.8 Å².